The van der Waals surface area contributed by atoms with Crippen molar-refractivity contribution in [1.29, 1.82) is 0 Å². The number of nitrogens with two attached hydrogens (primary N) is 1. The molecule has 0 spiro atoms. The molecule has 3 amide bonds. The minimum atomic E-state index is -1.12. The number of ether oxygens (including phenoxy) is 3. The summed E-state index contributed by atoms with van der Waals surface area (Å²) in [5, 5.41) is 23.4. The summed E-state index contributed by atoms with van der Waals surface area (Å²) < 4.78 is 29.0. The van der Waals surface area contributed by atoms with Gasteiger partial charge in [0.05, 0.1) is 66.2 Å². The molecule has 0 radical (unpaired) electrons. The number of nitrogens with zero attached hydrogens (tertiary/aromatic N) is 2. The van der Waals surface area contributed by atoms with Crippen molar-refractivity contribution in [3.8, 4) is 44.5 Å². The van der Waals surface area contributed by atoms with Crippen molar-refractivity contribution in [2.24, 2.45) is 0 Å². The standard InChI is InChI=1S/C22H16Cl2FNO3.2C21H15Cl2NO3.C14H13NO2.C7H4Cl2O2.K.H2O/c1-26(21(27)14-8-15(23)10-16(24)9-14)20-12-17(13-6-4-3-5-7-13)19(25)11-18(20)22(28)29-2;1-27-21(26)18-8-7-14(13-5-3-2-4-6-13)11-19(18)24-20(25)15-9-16(22)12-17(23)10-15;1-24(20(25)15-9-16(22)12-17(23)10-15)19-11-14(7-8-18(19)21(26)27)13-5-3-2-4-6-13;1-17-14(16)12-8-7-11(9-13(12)15)10-5-3-2-4-6-10;8-5-1-4(7(10)11)2-6(9)3-5;;/h3-12H,1-2H3;2-12H,1H3,(H,24,25);2-12H,1H3,(H,26,27);2-9H,15H2,1H3;1-3H,(H,10,11);;1H2/q;;;;;+1;/p-1. The minimum absolute atomic E-state index is 0. The van der Waals surface area contributed by atoms with Crippen LogP contribution in [-0.4, -0.2) is 98.7 Å². The number of benzene rings is 12. The van der Waals surface area contributed by atoms with E-state index in [4.69, 9.17) is 113 Å². The van der Waals surface area contributed by atoms with Gasteiger partial charge in [0.2, 0.25) is 0 Å². The van der Waals surface area contributed by atoms with Crippen LogP contribution in [0.2, 0.25) is 40.2 Å². The molecule has 113 heavy (non-hydrogen) atoms. The first-order chi connectivity index (χ1) is 53.0. The van der Waals surface area contributed by atoms with E-state index in [0.29, 0.717) is 62.7 Å². The molecule has 12 aromatic rings. The first-order valence-corrected chi connectivity index (χ1v) is 35.7. The number of hydrogen-bond acceptors (Lipinski definition) is 13. The summed E-state index contributed by atoms with van der Waals surface area (Å²) in [6, 6.07) is 73.3. The molecule has 0 heterocycles. The predicted octanol–water partition coefficient (Wildman–Crippen LogP) is 19.4. The van der Waals surface area contributed by atoms with E-state index in [-0.39, 0.29) is 113 Å². The smallest absolute Gasteiger partial charge is 0.870 e. The Bertz CT molecular complexity index is 5370. The van der Waals surface area contributed by atoms with E-state index in [0.717, 1.165) is 39.4 Å². The number of anilines is 4. The van der Waals surface area contributed by atoms with Gasteiger partial charge in [-0.3, -0.25) is 14.4 Å². The summed E-state index contributed by atoms with van der Waals surface area (Å²) in [5.41, 5.74) is 15.0. The molecule has 28 heteroatoms. The molecule has 572 valence electrons. The fraction of sp³-hybridized carbons (Fsp3) is 0.0588. The van der Waals surface area contributed by atoms with E-state index in [1.807, 2.05) is 103 Å². The van der Waals surface area contributed by atoms with Crippen LogP contribution in [0.4, 0.5) is 27.1 Å². The number of carboxylic acid groups (broad SMARTS) is 2. The molecule has 0 atom stereocenters. The van der Waals surface area contributed by atoms with Gasteiger partial charge in [-0.05, 0) is 160 Å². The van der Waals surface area contributed by atoms with E-state index in [1.165, 1.54) is 130 Å². The number of amides is 3. The molecule has 6 N–H and O–H groups in total. The molecule has 0 aliphatic heterocycles. The van der Waals surface area contributed by atoms with Crippen molar-refractivity contribution < 1.29 is 124 Å². The maximum atomic E-state index is 14.8. The summed E-state index contributed by atoms with van der Waals surface area (Å²) in [7, 11) is 6.82. The number of carboxylic acids is 2. The van der Waals surface area contributed by atoms with Crippen LogP contribution in [0.5, 0.6) is 0 Å². The zero-order chi connectivity index (χ0) is 80.8. The van der Waals surface area contributed by atoms with Crippen LogP contribution in [0.3, 0.4) is 0 Å². The molecule has 0 saturated heterocycles. The van der Waals surface area contributed by atoms with E-state index < -0.39 is 53.4 Å². The van der Waals surface area contributed by atoms with Gasteiger partial charge in [0.1, 0.15) is 5.82 Å². The third-order valence-corrected chi connectivity index (χ3v) is 17.8. The van der Waals surface area contributed by atoms with Crippen LogP contribution < -0.4 is 72.2 Å². The fourth-order valence-corrected chi connectivity index (χ4v) is 12.8. The summed E-state index contributed by atoms with van der Waals surface area (Å²) in [6.07, 6.45) is 0. The zero-order valence-corrected chi connectivity index (χ0v) is 69.7. The Morgan fingerprint density at radius 1 is 0.354 bits per heavy atom. The van der Waals surface area contributed by atoms with Gasteiger partial charge in [-0.15, -0.1) is 0 Å². The van der Waals surface area contributed by atoms with Crippen molar-refractivity contribution in [2.45, 2.75) is 0 Å². The molecular formula is C85H64Cl8FKN4O14. The van der Waals surface area contributed by atoms with Crippen LogP contribution in [0.1, 0.15) is 82.9 Å². The van der Waals surface area contributed by atoms with E-state index in [1.54, 1.807) is 66.7 Å². The second-order valence-electron chi connectivity index (χ2n) is 23.5. The molecule has 0 aliphatic rings. The average Bonchev–Trinajstić information content (AvgIpc) is 0.798. The average molecular weight is 1710 g/mol. The molecule has 0 fully saturated rings. The Balaban J connectivity index is 0.000000226. The third-order valence-electron chi connectivity index (χ3n) is 16.0. The second kappa shape index (κ2) is 43.9. The first-order valence-electron chi connectivity index (χ1n) is 32.6. The van der Waals surface area contributed by atoms with Crippen LogP contribution >= 0.6 is 92.8 Å². The van der Waals surface area contributed by atoms with E-state index in [9.17, 15) is 47.9 Å². The van der Waals surface area contributed by atoms with Gasteiger partial charge < -0.3 is 50.8 Å². The quantitative estimate of drug-likeness (QED) is 0.0321. The minimum Gasteiger partial charge on any atom is -0.870 e. The zero-order valence-electron chi connectivity index (χ0n) is 60.5. The number of carbonyl (C=O) groups is 8. The normalized spacial score (nSPS) is 10.1. The number of rotatable bonds is 15. The summed E-state index contributed by atoms with van der Waals surface area (Å²) in [6.45, 7) is 0. The Kier molecular flexibility index (Phi) is 35.7. The van der Waals surface area contributed by atoms with Crippen molar-refractivity contribution in [1.82, 2.24) is 0 Å². The number of carbonyl (C=O) groups excluding carboxylic acids is 6. The van der Waals surface area contributed by atoms with Gasteiger partial charge in [0.25, 0.3) is 17.7 Å². The molecule has 12 aromatic carbocycles. The van der Waals surface area contributed by atoms with Crippen molar-refractivity contribution in [3.05, 3.63) is 351 Å². The number of nitrogens with one attached hydrogen (secondary N) is 1. The summed E-state index contributed by atoms with van der Waals surface area (Å²) in [4.78, 5) is 98.8. The molecule has 0 unspecified atom stereocenters. The Hall–Kier alpha value is -9.95. The molecule has 0 aromatic heterocycles. The number of halogens is 9. The topological polar surface area (TPSA) is 279 Å². The first kappa shape index (κ1) is 91.9. The number of aromatic carboxylic acids is 2. The van der Waals surface area contributed by atoms with Gasteiger partial charge >= 0.3 is 81.2 Å². The van der Waals surface area contributed by atoms with Crippen LogP contribution in [-0.2, 0) is 14.2 Å². The molecule has 12 rings (SSSR count). The van der Waals surface area contributed by atoms with Crippen molar-refractivity contribution >= 4 is 163 Å². The molecular weight excluding hydrogens is 1640 g/mol. The maximum absolute atomic E-state index is 14.8. The SMILES string of the molecule is CN(C(=O)c1cc(Cl)cc(Cl)c1)c1cc(-c2ccccc2)ccc1C(=O)O.COC(=O)c1cc(F)c(-c2ccccc2)cc1N(C)C(=O)c1cc(Cl)cc(Cl)c1.COC(=O)c1ccc(-c2ccccc2)cc1N.COC(=O)c1ccc(-c2ccccc2)cc1NC(=O)c1cc(Cl)cc(Cl)c1.O=C(O)c1cc(Cl)cc(Cl)c1.[K+].[OH-]. The van der Waals surface area contributed by atoms with Crippen LogP contribution in [0, 0.1) is 5.82 Å². The monoisotopic (exact) mass is 1700 g/mol. The van der Waals surface area contributed by atoms with Crippen LogP contribution in [0.25, 0.3) is 44.5 Å². The fourth-order valence-electron chi connectivity index (χ4n) is 10.7. The largest absolute Gasteiger partial charge is 1.00 e. The Morgan fingerprint density at radius 3 is 1.04 bits per heavy atom. The van der Waals surface area contributed by atoms with Gasteiger partial charge in [-0.25, -0.2) is 28.4 Å². The van der Waals surface area contributed by atoms with Crippen molar-refractivity contribution in [2.75, 3.05) is 56.3 Å². The molecule has 0 aliphatic carbocycles. The number of methoxy groups -OCH3 is 3. The number of hydrogen-bond donors (Lipinski definition) is 4. The molecule has 0 bridgehead atoms. The predicted molar refractivity (Wildman–Crippen MR) is 441 cm³/mol. The van der Waals surface area contributed by atoms with Crippen LogP contribution in [0.15, 0.2) is 261 Å². The van der Waals surface area contributed by atoms with Crippen molar-refractivity contribution in [3.63, 3.8) is 0 Å². The maximum Gasteiger partial charge on any atom is 1.00 e. The summed E-state index contributed by atoms with van der Waals surface area (Å²) >= 11 is 47.0. The van der Waals surface area contributed by atoms with E-state index >= 15 is 0 Å². The van der Waals surface area contributed by atoms with Gasteiger partial charge in [-0.2, -0.15) is 0 Å². The second-order valence-corrected chi connectivity index (χ2v) is 27.0. The van der Waals surface area contributed by atoms with Gasteiger partial charge in [0.15, 0.2) is 0 Å². The summed E-state index contributed by atoms with van der Waals surface area (Å²) in [5.74, 6) is -5.79. The molecule has 18 nitrogen and oxygen atoms in total. The van der Waals surface area contributed by atoms with Gasteiger partial charge in [0, 0.05) is 82.2 Å². The molecule has 0 saturated carbocycles. The third kappa shape index (κ3) is 25.8. The number of esters is 3. The van der Waals surface area contributed by atoms with E-state index in [2.05, 4.69) is 10.1 Å². The Morgan fingerprint density at radius 2 is 0.673 bits per heavy atom. The van der Waals surface area contributed by atoms with Gasteiger partial charge in [-0.1, -0.05) is 232 Å². The number of nitrogen functional groups attached to an aromatic ring is 1. The Labute approximate surface area is 731 Å².